The van der Waals surface area contributed by atoms with Crippen LogP contribution in [-0.4, -0.2) is 57.1 Å². The highest BCUT2D eigenvalue weighted by molar-refractivity contribution is 5.40. The van der Waals surface area contributed by atoms with Crippen LogP contribution in [-0.2, 0) is 4.74 Å². The molecule has 0 saturated carbocycles. The minimum absolute atomic E-state index is 0.172. The Morgan fingerprint density at radius 1 is 1.33 bits per heavy atom. The van der Waals surface area contributed by atoms with E-state index in [1.54, 1.807) is 10.9 Å². The molecule has 0 bridgehead atoms. The molecule has 1 N–H and O–H groups in total. The van der Waals surface area contributed by atoms with Gasteiger partial charge in [-0.1, -0.05) is 0 Å². The standard InChI is InChI=1S/C13H19N7O/c1-3-14-11-16-12(19-7-8-21-10(2)9-19)18-13(17-11)20-6-4-5-15-20/h4-6,10H,3,7-9H2,1-2H3,(H,14,16,17,18). The van der Waals surface area contributed by atoms with Crippen LogP contribution in [0.1, 0.15) is 13.8 Å². The fraction of sp³-hybridized carbons (Fsp3) is 0.538. The van der Waals surface area contributed by atoms with Crippen LogP contribution >= 0.6 is 0 Å². The molecule has 8 heteroatoms. The third kappa shape index (κ3) is 3.10. The van der Waals surface area contributed by atoms with Crippen molar-refractivity contribution in [3.63, 3.8) is 0 Å². The molecular weight excluding hydrogens is 270 g/mol. The molecule has 3 rings (SSSR count). The number of rotatable bonds is 4. The quantitative estimate of drug-likeness (QED) is 0.888. The highest BCUT2D eigenvalue weighted by atomic mass is 16.5. The molecule has 1 saturated heterocycles. The molecule has 2 aromatic rings. The van der Waals surface area contributed by atoms with Gasteiger partial charge in [-0.15, -0.1) is 0 Å². The van der Waals surface area contributed by atoms with Crippen molar-refractivity contribution in [2.24, 2.45) is 0 Å². The van der Waals surface area contributed by atoms with Crippen LogP contribution < -0.4 is 10.2 Å². The van der Waals surface area contributed by atoms with E-state index < -0.39 is 0 Å². The molecule has 0 spiro atoms. The molecule has 0 aliphatic carbocycles. The van der Waals surface area contributed by atoms with Crippen LogP contribution in [0, 0.1) is 0 Å². The zero-order chi connectivity index (χ0) is 14.7. The monoisotopic (exact) mass is 289 g/mol. The van der Waals surface area contributed by atoms with Gasteiger partial charge in [0.15, 0.2) is 0 Å². The second-order valence-electron chi connectivity index (χ2n) is 4.87. The van der Waals surface area contributed by atoms with Crippen molar-refractivity contribution in [1.29, 1.82) is 0 Å². The lowest BCUT2D eigenvalue weighted by Crippen LogP contribution is -2.42. The van der Waals surface area contributed by atoms with Crippen LogP contribution in [0.5, 0.6) is 0 Å². The van der Waals surface area contributed by atoms with E-state index in [0.717, 1.165) is 19.6 Å². The van der Waals surface area contributed by atoms with Crippen LogP contribution in [0.3, 0.4) is 0 Å². The lowest BCUT2D eigenvalue weighted by atomic mass is 10.3. The summed E-state index contributed by atoms with van der Waals surface area (Å²) >= 11 is 0. The average molecular weight is 289 g/mol. The Morgan fingerprint density at radius 2 is 2.19 bits per heavy atom. The van der Waals surface area contributed by atoms with E-state index >= 15 is 0 Å². The van der Waals surface area contributed by atoms with Crippen LogP contribution in [0.25, 0.3) is 5.95 Å². The summed E-state index contributed by atoms with van der Waals surface area (Å²) in [6.45, 7) is 7.04. The van der Waals surface area contributed by atoms with E-state index in [4.69, 9.17) is 4.74 Å². The van der Waals surface area contributed by atoms with Crippen molar-refractivity contribution in [2.45, 2.75) is 20.0 Å². The molecule has 8 nitrogen and oxygen atoms in total. The Hall–Kier alpha value is -2.22. The predicted octanol–water partition coefficient (Wildman–Crippen LogP) is 0.714. The van der Waals surface area contributed by atoms with Crippen molar-refractivity contribution >= 4 is 11.9 Å². The summed E-state index contributed by atoms with van der Waals surface area (Å²) in [5.41, 5.74) is 0. The van der Waals surface area contributed by atoms with Crippen molar-refractivity contribution < 1.29 is 4.74 Å². The highest BCUT2D eigenvalue weighted by Gasteiger charge is 2.21. The third-order valence-electron chi connectivity index (χ3n) is 3.18. The summed E-state index contributed by atoms with van der Waals surface area (Å²) < 4.78 is 7.20. The Morgan fingerprint density at radius 3 is 2.90 bits per heavy atom. The molecular formula is C13H19N7O. The Balaban J connectivity index is 1.95. The van der Waals surface area contributed by atoms with E-state index in [0.29, 0.717) is 24.5 Å². The van der Waals surface area contributed by atoms with E-state index in [2.05, 4.69) is 30.3 Å². The summed E-state index contributed by atoms with van der Waals surface area (Å²) in [7, 11) is 0. The van der Waals surface area contributed by atoms with Crippen molar-refractivity contribution in [1.82, 2.24) is 24.7 Å². The van der Waals surface area contributed by atoms with Gasteiger partial charge in [0.2, 0.25) is 11.9 Å². The van der Waals surface area contributed by atoms with E-state index in [-0.39, 0.29) is 6.10 Å². The summed E-state index contributed by atoms with van der Waals surface area (Å²) in [6.07, 6.45) is 3.69. The van der Waals surface area contributed by atoms with Gasteiger partial charge in [-0.05, 0) is 19.9 Å². The normalized spacial score (nSPS) is 18.8. The van der Waals surface area contributed by atoms with Crippen LogP contribution in [0.4, 0.5) is 11.9 Å². The number of ether oxygens (including phenoxy) is 1. The van der Waals surface area contributed by atoms with Gasteiger partial charge in [-0.3, -0.25) is 0 Å². The Bertz CT molecular complexity index is 586. The number of anilines is 2. The molecule has 1 aliphatic rings. The molecule has 0 aromatic carbocycles. The van der Waals surface area contributed by atoms with Gasteiger partial charge in [0.1, 0.15) is 0 Å². The molecule has 1 unspecified atom stereocenters. The van der Waals surface area contributed by atoms with Gasteiger partial charge in [0, 0.05) is 32.0 Å². The zero-order valence-electron chi connectivity index (χ0n) is 12.2. The Labute approximate surface area is 123 Å². The zero-order valence-corrected chi connectivity index (χ0v) is 12.2. The largest absolute Gasteiger partial charge is 0.375 e. The van der Waals surface area contributed by atoms with Gasteiger partial charge in [-0.2, -0.15) is 20.1 Å². The smallest absolute Gasteiger partial charge is 0.257 e. The first kappa shape index (κ1) is 13.7. The number of nitrogens with one attached hydrogen (secondary N) is 1. The molecule has 3 heterocycles. The van der Waals surface area contributed by atoms with Gasteiger partial charge in [0.05, 0.1) is 12.7 Å². The molecule has 0 amide bonds. The SMILES string of the molecule is CCNc1nc(N2CCOC(C)C2)nc(-n2cccn2)n1. The van der Waals surface area contributed by atoms with Gasteiger partial charge in [-0.25, -0.2) is 4.68 Å². The van der Waals surface area contributed by atoms with Crippen molar-refractivity contribution in [2.75, 3.05) is 36.5 Å². The van der Waals surface area contributed by atoms with Crippen molar-refractivity contribution in [3.05, 3.63) is 18.5 Å². The van der Waals surface area contributed by atoms with Crippen molar-refractivity contribution in [3.8, 4) is 5.95 Å². The second kappa shape index (κ2) is 6.04. The van der Waals surface area contributed by atoms with Gasteiger partial charge in [0.25, 0.3) is 5.95 Å². The molecule has 21 heavy (non-hydrogen) atoms. The Kier molecular flexibility index (Phi) is 3.96. The summed E-state index contributed by atoms with van der Waals surface area (Å²) in [5, 5.41) is 7.32. The maximum absolute atomic E-state index is 5.56. The molecule has 0 radical (unpaired) electrons. The second-order valence-corrected chi connectivity index (χ2v) is 4.87. The summed E-state index contributed by atoms with van der Waals surface area (Å²) in [5.74, 6) is 1.73. The number of aromatic nitrogens is 5. The van der Waals surface area contributed by atoms with E-state index in [1.807, 2.05) is 26.1 Å². The fourth-order valence-corrected chi connectivity index (χ4v) is 2.22. The summed E-state index contributed by atoms with van der Waals surface area (Å²) in [4.78, 5) is 15.5. The molecule has 1 fully saturated rings. The third-order valence-corrected chi connectivity index (χ3v) is 3.18. The number of hydrogen-bond acceptors (Lipinski definition) is 7. The van der Waals surface area contributed by atoms with Crippen LogP contribution in [0.2, 0.25) is 0 Å². The highest BCUT2D eigenvalue weighted by Crippen LogP contribution is 2.16. The first-order valence-electron chi connectivity index (χ1n) is 7.13. The number of hydrogen-bond donors (Lipinski definition) is 1. The predicted molar refractivity (Wildman–Crippen MR) is 78.7 cm³/mol. The van der Waals surface area contributed by atoms with E-state index in [9.17, 15) is 0 Å². The maximum atomic E-state index is 5.56. The average Bonchev–Trinajstić information content (AvgIpc) is 3.01. The molecule has 112 valence electrons. The summed E-state index contributed by atoms with van der Waals surface area (Å²) in [6, 6.07) is 1.84. The minimum atomic E-state index is 0.172. The topological polar surface area (TPSA) is 81.0 Å². The lowest BCUT2D eigenvalue weighted by Gasteiger charge is -2.31. The minimum Gasteiger partial charge on any atom is -0.375 e. The first-order valence-corrected chi connectivity index (χ1v) is 7.13. The first-order chi connectivity index (χ1) is 10.3. The fourth-order valence-electron chi connectivity index (χ4n) is 2.22. The van der Waals surface area contributed by atoms with Gasteiger partial charge >= 0.3 is 0 Å². The number of nitrogens with zero attached hydrogens (tertiary/aromatic N) is 6. The van der Waals surface area contributed by atoms with Crippen LogP contribution in [0.15, 0.2) is 18.5 Å². The maximum Gasteiger partial charge on any atom is 0.257 e. The molecule has 2 aromatic heterocycles. The van der Waals surface area contributed by atoms with E-state index in [1.165, 1.54) is 0 Å². The molecule has 1 atom stereocenters. The van der Waals surface area contributed by atoms with Gasteiger partial charge < -0.3 is 15.0 Å². The lowest BCUT2D eigenvalue weighted by molar-refractivity contribution is 0.0526. The molecule has 1 aliphatic heterocycles. The number of morpholine rings is 1.